The Hall–Kier alpha value is -1.69. The number of hydrogen-bond acceptors (Lipinski definition) is 5. The lowest BCUT2D eigenvalue weighted by atomic mass is 9.71. The number of carbonyl (C=O) groups excluding carboxylic acids is 1. The van der Waals surface area contributed by atoms with E-state index in [1.807, 2.05) is 24.1 Å². The Balaban J connectivity index is 1.61. The molecule has 1 aliphatic carbocycles. The van der Waals surface area contributed by atoms with E-state index in [9.17, 15) is 4.79 Å². The number of likely N-dealkylation sites (N-methyl/N-ethyl adjacent to an activating group) is 1. The van der Waals surface area contributed by atoms with Gasteiger partial charge in [-0.1, -0.05) is 19.3 Å². The highest BCUT2D eigenvalue weighted by Crippen LogP contribution is 2.39. The van der Waals surface area contributed by atoms with E-state index >= 15 is 0 Å². The molecule has 138 valence electrons. The fraction of sp³-hybridized carbons (Fsp3) is 0.737. The molecule has 2 N–H and O–H groups in total. The van der Waals surface area contributed by atoms with Gasteiger partial charge in [-0.15, -0.1) is 5.10 Å². The first-order valence-corrected chi connectivity index (χ1v) is 9.62. The van der Waals surface area contributed by atoms with Crippen molar-refractivity contribution in [1.29, 1.82) is 0 Å². The Morgan fingerprint density at radius 1 is 1.36 bits per heavy atom. The minimum absolute atomic E-state index is 0.0306. The maximum atomic E-state index is 12.9. The molecule has 0 aromatic carbocycles. The standard InChI is InChI=1S/C19H31N5O/c1-23(18(25)13-19(15-20)9-3-2-4-10-19)16-7-6-12-24(14-16)17-8-5-11-21-22-17/h5,8,11,16H,2-4,6-7,9-10,12-15,20H2,1H3. The monoisotopic (exact) mass is 345 g/mol. The van der Waals surface area contributed by atoms with Crippen molar-refractivity contribution in [2.45, 2.75) is 57.4 Å². The second kappa shape index (κ2) is 8.13. The van der Waals surface area contributed by atoms with Crippen LogP contribution in [-0.2, 0) is 4.79 Å². The van der Waals surface area contributed by atoms with Crippen LogP contribution in [0, 0.1) is 5.41 Å². The molecule has 2 fully saturated rings. The van der Waals surface area contributed by atoms with Gasteiger partial charge in [0, 0.05) is 38.8 Å². The number of rotatable bonds is 5. The van der Waals surface area contributed by atoms with E-state index in [4.69, 9.17) is 5.73 Å². The first-order valence-electron chi connectivity index (χ1n) is 9.62. The molecule has 25 heavy (non-hydrogen) atoms. The van der Waals surface area contributed by atoms with Crippen LogP contribution in [0.15, 0.2) is 18.3 Å². The van der Waals surface area contributed by atoms with Gasteiger partial charge in [-0.25, -0.2) is 0 Å². The number of nitrogens with two attached hydrogens (primary N) is 1. The molecule has 0 radical (unpaired) electrons. The van der Waals surface area contributed by atoms with Crippen molar-refractivity contribution in [2.75, 3.05) is 31.6 Å². The molecule has 0 spiro atoms. The predicted octanol–water partition coefficient (Wildman–Crippen LogP) is 2.20. The van der Waals surface area contributed by atoms with Crippen molar-refractivity contribution >= 4 is 11.7 Å². The number of amides is 1. The third kappa shape index (κ3) is 4.29. The van der Waals surface area contributed by atoms with Crippen LogP contribution in [0.4, 0.5) is 5.82 Å². The molecule has 6 heteroatoms. The van der Waals surface area contributed by atoms with Crippen LogP contribution >= 0.6 is 0 Å². The van der Waals surface area contributed by atoms with Crippen LogP contribution in [0.1, 0.15) is 51.4 Å². The number of anilines is 1. The Morgan fingerprint density at radius 2 is 2.16 bits per heavy atom. The molecule has 1 aromatic rings. The molecule has 2 aliphatic rings. The van der Waals surface area contributed by atoms with Gasteiger partial charge in [-0.05, 0) is 49.8 Å². The van der Waals surface area contributed by atoms with Crippen LogP contribution in [-0.4, -0.2) is 53.7 Å². The molecule has 6 nitrogen and oxygen atoms in total. The highest BCUT2D eigenvalue weighted by atomic mass is 16.2. The lowest BCUT2D eigenvalue weighted by Gasteiger charge is -2.41. The second-order valence-electron chi connectivity index (χ2n) is 7.77. The molecule has 1 aromatic heterocycles. The van der Waals surface area contributed by atoms with Gasteiger partial charge in [0.25, 0.3) is 0 Å². The number of piperidine rings is 1. The van der Waals surface area contributed by atoms with E-state index in [1.165, 1.54) is 19.3 Å². The quantitative estimate of drug-likeness (QED) is 0.885. The average Bonchev–Trinajstić information content (AvgIpc) is 2.69. The highest BCUT2D eigenvalue weighted by molar-refractivity contribution is 5.77. The molecule has 0 bridgehead atoms. The summed E-state index contributed by atoms with van der Waals surface area (Å²) in [6.07, 6.45) is 10.3. The van der Waals surface area contributed by atoms with Gasteiger partial charge in [0.1, 0.15) is 0 Å². The smallest absolute Gasteiger partial charge is 0.223 e. The first-order chi connectivity index (χ1) is 12.1. The van der Waals surface area contributed by atoms with Crippen LogP contribution in [0.2, 0.25) is 0 Å². The van der Waals surface area contributed by atoms with Crippen molar-refractivity contribution in [3.8, 4) is 0 Å². The van der Waals surface area contributed by atoms with Gasteiger partial charge in [-0.2, -0.15) is 5.10 Å². The minimum atomic E-state index is 0.0306. The van der Waals surface area contributed by atoms with Gasteiger partial charge >= 0.3 is 0 Å². The molecule has 2 heterocycles. The Morgan fingerprint density at radius 3 is 2.84 bits per heavy atom. The normalized spacial score (nSPS) is 23.3. The number of hydrogen-bond donors (Lipinski definition) is 1. The lowest BCUT2D eigenvalue weighted by molar-refractivity contribution is -0.135. The number of aromatic nitrogens is 2. The van der Waals surface area contributed by atoms with E-state index in [0.717, 1.165) is 44.6 Å². The SMILES string of the molecule is CN(C(=O)CC1(CN)CCCCC1)C1CCCN(c2cccnn2)C1. The third-order valence-corrected chi connectivity index (χ3v) is 6.09. The maximum absolute atomic E-state index is 12.9. The Labute approximate surface area is 150 Å². The summed E-state index contributed by atoms with van der Waals surface area (Å²) in [5.74, 6) is 1.15. The minimum Gasteiger partial charge on any atom is -0.353 e. The lowest BCUT2D eigenvalue weighted by Crippen LogP contribution is -2.50. The Bertz CT molecular complexity index is 558. The topological polar surface area (TPSA) is 75.3 Å². The van der Waals surface area contributed by atoms with Crippen molar-refractivity contribution in [3.63, 3.8) is 0 Å². The van der Waals surface area contributed by atoms with E-state index < -0.39 is 0 Å². The fourth-order valence-corrected chi connectivity index (χ4v) is 4.34. The molecular formula is C19H31N5O. The first kappa shape index (κ1) is 18.1. The summed E-state index contributed by atoms with van der Waals surface area (Å²) in [4.78, 5) is 17.1. The summed E-state index contributed by atoms with van der Waals surface area (Å²) >= 11 is 0. The molecule has 1 amide bonds. The highest BCUT2D eigenvalue weighted by Gasteiger charge is 2.35. The van der Waals surface area contributed by atoms with Crippen molar-refractivity contribution < 1.29 is 4.79 Å². The molecule has 1 saturated heterocycles. The van der Waals surface area contributed by atoms with Gasteiger partial charge in [0.05, 0.1) is 0 Å². The van der Waals surface area contributed by atoms with E-state index in [1.54, 1.807) is 6.20 Å². The summed E-state index contributed by atoms with van der Waals surface area (Å²) in [7, 11) is 1.96. The maximum Gasteiger partial charge on any atom is 0.223 e. The molecule has 1 aliphatic heterocycles. The van der Waals surface area contributed by atoms with Gasteiger partial charge < -0.3 is 15.5 Å². The number of nitrogens with zero attached hydrogens (tertiary/aromatic N) is 4. The van der Waals surface area contributed by atoms with Crippen LogP contribution < -0.4 is 10.6 Å². The zero-order chi connectivity index (χ0) is 17.7. The zero-order valence-electron chi connectivity index (χ0n) is 15.4. The molecule has 1 unspecified atom stereocenters. The van der Waals surface area contributed by atoms with Gasteiger partial charge in [-0.3, -0.25) is 4.79 Å². The van der Waals surface area contributed by atoms with Crippen LogP contribution in [0.25, 0.3) is 0 Å². The summed E-state index contributed by atoms with van der Waals surface area (Å²) in [6.45, 7) is 2.43. The second-order valence-corrected chi connectivity index (χ2v) is 7.77. The van der Waals surface area contributed by atoms with Gasteiger partial charge in [0.15, 0.2) is 5.82 Å². The number of carbonyl (C=O) groups is 1. The summed E-state index contributed by atoms with van der Waals surface area (Å²) < 4.78 is 0. The molecule has 1 atom stereocenters. The third-order valence-electron chi connectivity index (χ3n) is 6.09. The van der Waals surface area contributed by atoms with E-state index in [0.29, 0.717) is 13.0 Å². The molecule has 3 rings (SSSR count). The van der Waals surface area contributed by atoms with Crippen molar-refractivity contribution in [3.05, 3.63) is 18.3 Å². The summed E-state index contributed by atoms with van der Waals surface area (Å²) in [5.41, 5.74) is 6.10. The molecule has 1 saturated carbocycles. The summed E-state index contributed by atoms with van der Waals surface area (Å²) in [6, 6.07) is 4.14. The van der Waals surface area contributed by atoms with Gasteiger partial charge in [0.2, 0.25) is 5.91 Å². The van der Waals surface area contributed by atoms with E-state index in [2.05, 4.69) is 15.1 Å². The Kier molecular flexibility index (Phi) is 5.89. The van der Waals surface area contributed by atoms with Crippen LogP contribution in [0.3, 0.4) is 0 Å². The predicted molar refractivity (Wildman–Crippen MR) is 99.2 cm³/mol. The van der Waals surface area contributed by atoms with Crippen LogP contribution in [0.5, 0.6) is 0 Å². The average molecular weight is 345 g/mol. The molecular weight excluding hydrogens is 314 g/mol. The van der Waals surface area contributed by atoms with Crippen molar-refractivity contribution in [1.82, 2.24) is 15.1 Å². The zero-order valence-corrected chi connectivity index (χ0v) is 15.4. The van der Waals surface area contributed by atoms with E-state index in [-0.39, 0.29) is 17.4 Å². The largest absolute Gasteiger partial charge is 0.353 e. The fourth-order valence-electron chi connectivity index (χ4n) is 4.34. The summed E-state index contributed by atoms with van der Waals surface area (Å²) in [5, 5.41) is 8.19. The van der Waals surface area contributed by atoms with Crippen molar-refractivity contribution in [2.24, 2.45) is 11.1 Å².